The van der Waals surface area contributed by atoms with E-state index in [1.54, 1.807) is 6.56 Å². The van der Waals surface area contributed by atoms with Crippen LogP contribution in [0.4, 0.5) is 0 Å². The van der Waals surface area contributed by atoms with Gasteiger partial charge in [-0.2, -0.15) is 9.59 Å². The van der Waals surface area contributed by atoms with Gasteiger partial charge in [0.15, 0.2) is 0 Å². The Balaban J connectivity index is 0. The van der Waals surface area contributed by atoms with Crippen molar-refractivity contribution in [2.24, 2.45) is 0 Å². The van der Waals surface area contributed by atoms with Crippen LogP contribution in [0.1, 0.15) is 12.8 Å². The Morgan fingerprint density at radius 1 is 0.938 bits per heavy atom. The molecule has 0 aromatic heterocycles. The first-order chi connectivity index (χ1) is 6.86. The summed E-state index contributed by atoms with van der Waals surface area (Å²) in [4.78, 5) is 16.2. The van der Waals surface area contributed by atoms with Gasteiger partial charge in [-0.3, -0.25) is 0 Å². The van der Waals surface area contributed by atoms with E-state index in [1.165, 1.54) is 12.8 Å². The van der Waals surface area contributed by atoms with Crippen LogP contribution < -0.4 is 24.8 Å². The zero-order chi connectivity index (χ0) is 10.2. The molecule has 0 heterocycles. The van der Waals surface area contributed by atoms with Gasteiger partial charge in [-0.25, -0.2) is 0 Å². The zero-order valence-corrected chi connectivity index (χ0v) is 12.4. The Kier molecular flexibility index (Phi) is 12.8. The van der Waals surface area contributed by atoms with Crippen LogP contribution in [-0.4, -0.2) is 6.15 Å². The number of carbonyl (C=O) groups excluding carboxylic acids is 2. The molecule has 2 rings (SSSR count). The van der Waals surface area contributed by atoms with E-state index in [-0.39, 0.29) is 54.2 Å². The summed E-state index contributed by atoms with van der Waals surface area (Å²) in [5.41, 5.74) is 0. The van der Waals surface area contributed by atoms with Crippen molar-refractivity contribution in [3.63, 3.8) is 0 Å². The summed E-state index contributed by atoms with van der Waals surface area (Å²) in [6.07, 6.45) is 16.3. The van der Waals surface area contributed by atoms with Crippen molar-refractivity contribution < 1.29 is 57.6 Å². The molecule has 5 heteroatoms. The van der Waals surface area contributed by atoms with Crippen LogP contribution in [-0.2, 0) is 32.8 Å². The molecule has 0 saturated heterocycles. The third kappa shape index (κ3) is 7.14. The average molecular weight is 336 g/mol. The van der Waals surface area contributed by atoms with Gasteiger partial charge >= 0.3 is 85.2 Å². The summed E-state index contributed by atoms with van der Waals surface area (Å²) in [6.45, 7) is 0. The minimum atomic E-state index is -0.312. The predicted molar refractivity (Wildman–Crippen MR) is 48.7 cm³/mol. The summed E-state index contributed by atoms with van der Waals surface area (Å²) in [5.74, 6) is 0. The van der Waals surface area contributed by atoms with Crippen LogP contribution in [0.5, 0.6) is 0 Å². The molecule has 0 atom stereocenters. The zero-order valence-electron chi connectivity index (χ0n) is 8.45. The molecule has 0 aliphatic heterocycles. The van der Waals surface area contributed by atoms with E-state index in [9.17, 15) is 0 Å². The normalized spacial score (nSPS) is 14.2. The van der Waals surface area contributed by atoms with E-state index in [2.05, 4.69) is 36.5 Å². The van der Waals surface area contributed by atoms with E-state index < -0.39 is 0 Å². The van der Waals surface area contributed by atoms with E-state index in [0.717, 1.165) is 0 Å². The first-order valence-corrected chi connectivity index (χ1v) is 6.80. The molecule has 84 valence electrons. The molecule has 2 aliphatic carbocycles. The van der Waals surface area contributed by atoms with Gasteiger partial charge in [-0.05, 0) is 0 Å². The van der Waals surface area contributed by atoms with Crippen molar-refractivity contribution in [1.82, 2.24) is 0 Å². The molecular weight excluding hydrogens is 326 g/mol. The van der Waals surface area contributed by atoms with E-state index in [0.29, 0.717) is 0 Å². The van der Waals surface area contributed by atoms with Crippen LogP contribution in [0.3, 0.4) is 0 Å². The minimum absolute atomic E-state index is 0. The first-order valence-electron chi connectivity index (χ1n) is 4.34. The molecule has 0 aromatic rings. The Morgan fingerprint density at radius 3 is 1.56 bits per heavy atom. The standard InChI is InChI=1S/2C5H5.CO2.2ClH.Zr/c2*1-2-4-5-3-1;2-1-3;;;/h2*1-3H,4H2;;2*1H;/q;;;;;+2/p-2. The van der Waals surface area contributed by atoms with Gasteiger partial charge in [0.1, 0.15) is 0 Å². The summed E-state index contributed by atoms with van der Waals surface area (Å²) in [7, 11) is 0. The van der Waals surface area contributed by atoms with Crippen molar-refractivity contribution >= 4 is 6.15 Å². The van der Waals surface area contributed by atoms with E-state index >= 15 is 0 Å². The second-order valence-corrected chi connectivity index (χ2v) is 6.63. The van der Waals surface area contributed by atoms with Crippen LogP contribution in [0.25, 0.3) is 0 Å². The second-order valence-electron chi connectivity index (χ2n) is 2.86. The van der Waals surface area contributed by atoms with E-state index in [1.807, 2.05) is 0 Å². The molecule has 0 spiro atoms. The predicted octanol–water partition coefficient (Wildman–Crippen LogP) is -3.82. The maximum absolute atomic E-state index is 8.12. The maximum atomic E-state index is 8.12. The molecule has 16 heavy (non-hydrogen) atoms. The Bertz CT molecular complexity index is 323. The van der Waals surface area contributed by atoms with Gasteiger partial charge in [0.05, 0.1) is 0 Å². The number of allylic oxidation sites excluding steroid dienone is 8. The van der Waals surface area contributed by atoms with Crippen molar-refractivity contribution in [3.05, 3.63) is 43.0 Å². The third-order valence-electron chi connectivity index (χ3n) is 1.86. The second kappa shape index (κ2) is 11.3. The monoisotopic (exact) mass is 334 g/mol. The molecule has 2 nitrogen and oxygen atoms in total. The largest absolute Gasteiger partial charge is 1.00 e. The van der Waals surface area contributed by atoms with Crippen molar-refractivity contribution in [2.45, 2.75) is 12.8 Å². The SMILES string of the molecule is C1=CC[C]([Zr+2][C]2=CC=CC2)=C1.O=C=O.[Cl-].[Cl-]. The fraction of sp³-hybridized carbons (Fsp3) is 0.182. The number of hydrogen-bond donors (Lipinski definition) is 0. The van der Waals surface area contributed by atoms with Gasteiger partial charge in [0.2, 0.25) is 0 Å². The molecule has 0 amide bonds. The minimum Gasteiger partial charge on any atom is -1.00 e. The summed E-state index contributed by atoms with van der Waals surface area (Å²) >= 11 is -0.312. The van der Waals surface area contributed by atoms with Crippen molar-refractivity contribution in [3.8, 4) is 0 Å². The molecule has 0 radical (unpaired) electrons. The van der Waals surface area contributed by atoms with Gasteiger partial charge < -0.3 is 24.8 Å². The van der Waals surface area contributed by atoms with Crippen LogP contribution >= 0.6 is 0 Å². The summed E-state index contributed by atoms with van der Waals surface area (Å²) < 4.78 is 3.45. The van der Waals surface area contributed by atoms with Crippen LogP contribution in [0, 0.1) is 0 Å². The topological polar surface area (TPSA) is 34.1 Å². The number of rotatable bonds is 2. The van der Waals surface area contributed by atoms with E-state index in [4.69, 9.17) is 9.59 Å². The maximum Gasteiger partial charge on any atom is 0.373 e. The molecule has 0 saturated carbocycles. The fourth-order valence-corrected chi connectivity index (χ4v) is 4.26. The summed E-state index contributed by atoms with van der Waals surface area (Å²) in [5, 5.41) is 0. The van der Waals surface area contributed by atoms with Crippen LogP contribution in [0.15, 0.2) is 43.0 Å². The molecule has 0 unspecified atom stereocenters. The van der Waals surface area contributed by atoms with Gasteiger partial charge in [-0.15, -0.1) is 0 Å². The summed E-state index contributed by atoms with van der Waals surface area (Å²) in [6, 6.07) is 0. The molecule has 0 aromatic carbocycles. The Morgan fingerprint density at radius 2 is 1.31 bits per heavy atom. The van der Waals surface area contributed by atoms with Crippen LogP contribution in [0.2, 0.25) is 0 Å². The number of halogens is 2. The Labute approximate surface area is 119 Å². The van der Waals surface area contributed by atoms with Gasteiger partial charge in [-0.1, -0.05) is 0 Å². The molecule has 0 bridgehead atoms. The smallest absolute Gasteiger partial charge is 0.373 e. The van der Waals surface area contributed by atoms with Gasteiger partial charge in [0, 0.05) is 0 Å². The average Bonchev–Trinajstić information content (AvgIpc) is 2.79. The quantitative estimate of drug-likeness (QED) is 0.518. The number of hydrogen-bond acceptors (Lipinski definition) is 2. The molecule has 0 fully saturated rings. The third-order valence-corrected chi connectivity index (χ3v) is 5.27. The fourth-order valence-electron chi connectivity index (χ4n) is 1.29. The van der Waals surface area contributed by atoms with Crippen molar-refractivity contribution in [2.75, 3.05) is 0 Å². The molecule has 2 aliphatic rings. The molecule has 0 N–H and O–H groups in total. The molecular formula is C11H10Cl2O2Zr. The Hall–Kier alpha value is -0.197. The van der Waals surface area contributed by atoms with Gasteiger partial charge in [0.25, 0.3) is 0 Å². The van der Waals surface area contributed by atoms with Crippen molar-refractivity contribution in [1.29, 1.82) is 0 Å². The first kappa shape index (κ1) is 18.2.